The average Bonchev–Trinajstić information content (AvgIpc) is 2.69. The molecule has 0 atom stereocenters. The lowest BCUT2D eigenvalue weighted by Crippen LogP contribution is -2.17. The lowest BCUT2D eigenvalue weighted by Gasteiger charge is -2.06. The van der Waals surface area contributed by atoms with Gasteiger partial charge in [-0.15, -0.1) is 0 Å². The number of amides is 1. The highest BCUT2D eigenvalue weighted by molar-refractivity contribution is 6.30. The second-order valence-corrected chi connectivity index (χ2v) is 6.49. The van der Waals surface area contributed by atoms with Gasteiger partial charge in [-0.1, -0.05) is 41.4 Å². The number of benzene rings is 3. The van der Waals surface area contributed by atoms with Crippen molar-refractivity contribution in [3.8, 4) is 5.75 Å². The Bertz CT molecular complexity index is 918. The molecule has 0 saturated carbocycles. The molecule has 0 unspecified atom stereocenters. The summed E-state index contributed by atoms with van der Waals surface area (Å²) in [7, 11) is 0. The van der Waals surface area contributed by atoms with Crippen molar-refractivity contribution < 1.29 is 9.53 Å². The molecule has 0 radical (unpaired) electrons. The monoisotopic (exact) mass is 378 g/mol. The maximum absolute atomic E-state index is 12.0. The molecule has 3 aromatic carbocycles. The van der Waals surface area contributed by atoms with E-state index < -0.39 is 0 Å². The molecule has 0 bridgehead atoms. The molecular formula is C22H19ClN2O2. The van der Waals surface area contributed by atoms with Crippen molar-refractivity contribution in [2.24, 2.45) is 5.10 Å². The molecule has 27 heavy (non-hydrogen) atoms. The van der Waals surface area contributed by atoms with Gasteiger partial charge in [0.15, 0.2) is 0 Å². The van der Waals surface area contributed by atoms with Crippen LogP contribution >= 0.6 is 11.6 Å². The van der Waals surface area contributed by atoms with Gasteiger partial charge in [-0.2, -0.15) is 5.10 Å². The van der Waals surface area contributed by atoms with E-state index in [1.165, 1.54) is 0 Å². The van der Waals surface area contributed by atoms with Crippen LogP contribution in [0, 0.1) is 6.92 Å². The minimum atomic E-state index is -0.242. The van der Waals surface area contributed by atoms with E-state index >= 15 is 0 Å². The van der Waals surface area contributed by atoms with Crippen molar-refractivity contribution in [1.82, 2.24) is 5.43 Å². The van der Waals surface area contributed by atoms with Crippen molar-refractivity contribution in [1.29, 1.82) is 0 Å². The number of carbonyl (C=O) groups is 1. The van der Waals surface area contributed by atoms with E-state index in [0.29, 0.717) is 17.2 Å². The number of nitrogens with zero attached hydrogens (tertiary/aromatic N) is 1. The molecule has 0 aliphatic carbocycles. The molecule has 136 valence electrons. The summed E-state index contributed by atoms with van der Waals surface area (Å²) in [5.41, 5.74) is 6.10. The van der Waals surface area contributed by atoms with Gasteiger partial charge in [0, 0.05) is 10.6 Å². The molecule has 0 saturated heterocycles. The zero-order valence-corrected chi connectivity index (χ0v) is 15.6. The van der Waals surface area contributed by atoms with Crippen LogP contribution in [0.25, 0.3) is 0 Å². The molecular weight excluding hydrogens is 360 g/mol. The van der Waals surface area contributed by atoms with Gasteiger partial charge in [-0.3, -0.25) is 4.79 Å². The SMILES string of the molecule is Cc1ccc(C(=O)N/N=C\c2ccc(OCc3ccc(Cl)cc3)cc2)cc1. The summed E-state index contributed by atoms with van der Waals surface area (Å²) in [6.07, 6.45) is 1.59. The maximum atomic E-state index is 12.0. The first-order chi connectivity index (χ1) is 13.1. The van der Waals surface area contributed by atoms with Crippen LogP contribution in [0.2, 0.25) is 5.02 Å². The fourth-order valence-electron chi connectivity index (χ4n) is 2.33. The fourth-order valence-corrected chi connectivity index (χ4v) is 2.46. The number of rotatable bonds is 6. The predicted molar refractivity (Wildman–Crippen MR) is 108 cm³/mol. The Morgan fingerprint density at radius 2 is 1.67 bits per heavy atom. The summed E-state index contributed by atoms with van der Waals surface area (Å²) >= 11 is 5.87. The van der Waals surface area contributed by atoms with Gasteiger partial charge in [-0.25, -0.2) is 5.43 Å². The highest BCUT2D eigenvalue weighted by atomic mass is 35.5. The Kier molecular flexibility index (Phi) is 6.23. The number of halogens is 1. The van der Waals surface area contributed by atoms with Crippen molar-refractivity contribution in [3.05, 3.63) is 100 Å². The van der Waals surface area contributed by atoms with Gasteiger partial charge >= 0.3 is 0 Å². The number of hydrazone groups is 1. The van der Waals surface area contributed by atoms with E-state index in [1.54, 1.807) is 18.3 Å². The third-order valence-electron chi connectivity index (χ3n) is 3.89. The number of hydrogen-bond acceptors (Lipinski definition) is 3. The molecule has 0 spiro atoms. The second kappa shape index (κ2) is 9.01. The van der Waals surface area contributed by atoms with E-state index in [1.807, 2.05) is 67.6 Å². The number of aryl methyl sites for hydroxylation is 1. The summed E-state index contributed by atoms with van der Waals surface area (Å²) in [4.78, 5) is 12.0. The largest absolute Gasteiger partial charge is 0.489 e. The predicted octanol–water partition coefficient (Wildman–Crippen LogP) is 4.99. The molecule has 1 amide bonds. The molecule has 5 heteroatoms. The van der Waals surface area contributed by atoms with Gasteiger partial charge < -0.3 is 4.74 Å². The molecule has 3 rings (SSSR count). The van der Waals surface area contributed by atoms with Crippen LogP contribution in [0.5, 0.6) is 5.75 Å². The van der Waals surface area contributed by atoms with Gasteiger partial charge in [-0.05, 0) is 66.6 Å². The fraction of sp³-hybridized carbons (Fsp3) is 0.0909. The quantitative estimate of drug-likeness (QED) is 0.485. The minimum Gasteiger partial charge on any atom is -0.489 e. The number of carbonyl (C=O) groups excluding carboxylic acids is 1. The molecule has 4 nitrogen and oxygen atoms in total. The zero-order valence-electron chi connectivity index (χ0n) is 14.9. The van der Waals surface area contributed by atoms with Crippen LogP contribution in [0.3, 0.4) is 0 Å². The van der Waals surface area contributed by atoms with Crippen molar-refractivity contribution in [3.63, 3.8) is 0 Å². The Hall–Kier alpha value is -3.11. The Morgan fingerprint density at radius 3 is 2.33 bits per heavy atom. The first-order valence-corrected chi connectivity index (χ1v) is 8.85. The highest BCUT2D eigenvalue weighted by Gasteiger charge is 2.02. The first kappa shape index (κ1) is 18.7. The Labute approximate surface area is 163 Å². The van der Waals surface area contributed by atoms with E-state index in [9.17, 15) is 4.79 Å². The summed E-state index contributed by atoms with van der Waals surface area (Å²) in [5, 5.41) is 4.70. The first-order valence-electron chi connectivity index (χ1n) is 8.47. The van der Waals surface area contributed by atoms with Crippen LogP contribution in [-0.4, -0.2) is 12.1 Å². The van der Waals surface area contributed by atoms with E-state index in [2.05, 4.69) is 10.5 Å². The topological polar surface area (TPSA) is 50.7 Å². The van der Waals surface area contributed by atoms with Gasteiger partial charge in [0.05, 0.1) is 6.21 Å². The normalized spacial score (nSPS) is 10.7. The second-order valence-electron chi connectivity index (χ2n) is 6.05. The summed E-state index contributed by atoms with van der Waals surface area (Å²) in [6.45, 7) is 2.44. The van der Waals surface area contributed by atoms with Crippen molar-refractivity contribution >= 4 is 23.7 Å². The standard InChI is InChI=1S/C22H19ClN2O2/c1-16-2-8-19(9-3-16)22(26)25-24-14-17-6-12-21(13-7-17)27-15-18-4-10-20(23)11-5-18/h2-14H,15H2,1H3,(H,25,26)/b24-14-. The molecule has 3 aromatic rings. The molecule has 0 aliphatic heterocycles. The van der Waals surface area contributed by atoms with Gasteiger partial charge in [0.2, 0.25) is 0 Å². The Morgan fingerprint density at radius 1 is 1.00 bits per heavy atom. The van der Waals surface area contributed by atoms with Crippen LogP contribution in [0.1, 0.15) is 27.0 Å². The van der Waals surface area contributed by atoms with E-state index in [4.69, 9.17) is 16.3 Å². The van der Waals surface area contributed by atoms with E-state index in [0.717, 1.165) is 22.4 Å². The maximum Gasteiger partial charge on any atom is 0.271 e. The van der Waals surface area contributed by atoms with Crippen LogP contribution in [0.15, 0.2) is 77.9 Å². The molecule has 0 aliphatic rings. The number of ether oxygens (including phenoxy) is 1. The third kappa shape index (κ3) is 5.69. The van der Waals surface area contributed by atoms with Crippen molar-refractivity contribution in [2.45, 2.75) is 13.5 Å². The zero-order chi connectivity index (χ0) is 19.1. The van der Waals surface area contributed by atoms with E-state index in [-0.39, 0.29) is 5.91 Å². The van der Waals surface area contributed by atoms with Gasteiger partial charge in [0.25, 0.3) is 5.91 Å². The summed E-state index contributed by atoms with van der Waals surface area (Å²) in [5.74, 6) is 0.514. The summed E-state index contributed by atoms with van der Waals surface area (Å²) in [6, 6.07) is 22.3. The molecule has 0 fully saturated rings. The summed E-state index contributed by atoms with van der Waals surface area (Å²) < 4.78 is 5.74. The highest BCUT2D eigenvalue weighted by Crippen LogP contribution is 2.15. The molecule has 0 aromatic heterocycles. The number of hydrogen-bond donors (Lipinski definition) is 1. The number of nitrogens with one attached hydrogen (secondary N) is 1. The van der Waals surface area contributed by atoms with Crippen LogP contribution in [0.4, 0.5) is 0 Å². The molecule has 0 heterocycles. The van der Waals surface area contributed by atoms with Gasteiger partial charge in [0.1, 0.15) is 12.4 Å². The lowest BCUT2D eigenvalue weighted by molar-refractivity contribution is 0.0955. The lowest BCUT2D eigenvalue weighted by atomic mass is 10.1. The smallest absolute Gasteiger partial charge is 0.271 e. The minimum absolute atomic E-state index is 0.242. The molecule has 1 N–H and O–H groups in total. The van der Waals surface area contributed by atoms with Crippen LogP contribution in [-0.2, 0) is 6.61 Å². The average molecular weight is 379 g/mol. The third-order valence-corrected chi connectivity index (χ3v) is 4.14. The van der Waals surface area contributed by atoms with Crippen LogP contribution < -0.4 is 10.2 Å². The Balaban J connectivity index is 1.50. The van der Waals surface area contributed by atoms with Crippen molar-refractivity contribution in [2.75, 3.05) is 0 Å².